The molecule has 0 aliphatic heterocycles. The number of rotatable bonds is 3. The van der Waals surface area contributed by atoms with Crippen LogP contribution in [0.2, 0.25) is 0 Å². The maximum Gasteiger partial charge on any atom is 0.328 e. The third-order valence-electron chi connectivity index (χ3n) is 3.03. The third-order valence-corrected chi connectivity index (χ3v) is 3.03. The fraction of sp³-hybridized carbons (Fsp3) is 0.545. The summed E-state index contributed by atoms with van der Waals surface area (Å²) < 4.78 is 1.25. The Morgan fingerprint density at radius 2 is 2.06 bits per heavy atom. The van der Waals surface area contributed by atoms with Gasteiger partial charge in [-0.3, -0.25) is 19.1 Å². The Balaban J connectivity index is 2.11. The number of ketones is 1. The number of aromatic amines is 1. The van der Waals surface area contributed by atoms with E-state index in [0.717, 1.165) is 25.7 Å². The fourth-order valence-electron chi connectivity index (χ4n) is 2.11. The van der Waals surface area contributed by atoms with Gasteiger partial charge in [0.25, 0.3) is 5.56 Å². The van der Waals surface area contributed by atoms with Gasteiger partial charge in [0, 0.05) is 18.2 Å². The minimum Gasteiger partial charge on any atom is -0.297 e. The Bertz CT molecular complexity index is 494. The first-order valence-corrected chi connectivity index (χ1v) is 5.49. The Kier molecular flexibility index (Phi) is 3.03. The van der Waals surface area contributed by atoms with Crippen molar-refractivity contribution in [2.45, 2.75) is 32.2 Å². The van der Waals surface area contributed by atoms with Gasteiger partial charge in [-0.2, -0.15) is 0 Å². The van der Waals surface area contributed by atoms with E-state index in [1.165, 1.54) is 16.8 Å². The molecule has 1 aromatic rings. The van der Waals surface area contributed by atoms with Crippen LogP contribution in [0.15, 0.2) is 21.9 Å². The fourth-order valence-corrected chi connectivity index (χ4v) is 2.11. The molecule has 5 heteroatoms. The predicted octanol–water partition coefficient (Wildman–Crippen LogP) is 0.296. The van der Waals surface area contributed by atoms with Gasteiger partial charge in [-0.25, -0.2) is 4.79 Å². The van der Waals surface area contributed by atoms with Gasteiger partial charge in [-0.15, -0.1) is 0 Å². The Labute approximate surface area is 92.1 Å². The first-order valence-electron chi connectivity index (χ1n) is 5.49. The summed E-state index contributed by atoms with van der Waals surface area (Å²) in [6.45, 7) is 0.0697. The van der Waals surface area contributed by atoms with Gasteiger partial charge in [0.2, 0.25) is 0 Å². The molecule has 16 heavy (non-hydrogen) atoms. The van der Waals surface area contributed by atoms with E-state index in [0.29, 0.717) is 0 Å². The molecule has 1 aliphatic carbocycles. The summed E-state index contributed by atoms with van der Waals surface area (Å²) in [4.78, 5) is 36.1. The maximum atomic E-state index is 11.8. The topological polar surface area (TPSA) is 71.9 Å². The van der Waals surface area contributed by atoms with Gasteiger partial charge in [0.15, 0.2) is 5.78 Å². The van der Waals surface area contributed by atoms with Gasteiger partial charge in [-0.05, 0) is 12.8 Å². The van der Waals surface area contributed by atoms with Crippen LogP contribution >= 0.6 is 0 Å². The molecule has 1 heterocycles. The van der Waals surface area contributed by atoms with Crippen molar-refractivity contribution in [3.05, 3.63) is 33.1 Å². The van der Waals surface area contributed by atoms with E-state index >= 15 is 0 Å². The zero-order valence-electron chi connectivity index (χ0n) is 8.94. The number of Topliss-reactive ketones (excluding diaryl/α,β-unsaturated/α-hetero) is 1. The van der Waals surface area contributed by atoms with Gasteiger partial charge in [-0.1, -0.05) is 12.8 Å². The average Bonchev–Trinajstić information content (AvgIpc) is 2.75. The minimum absolute atomic E-state index is 0.0697. The van der Waals surface area contributed by atoms with Crippen LogP contribution in [0.5, 0.6) is 0 Å². The van der Waals surface area contributed by atoms with Crippen molar-refractivity contribution in [2.24, 2.45) is 5.92 Å². The molecule has 1 N–H and O–H groups in total. The molecule has 1 aliphatic rings. The molecule has 0 aromatic carbocycles. The lowest BCUT2D eigenvalue weighted by Gasteiger charge is -2.08. The van der Waals surface area contributed by atoms with Crippen LogP contribution in [0.25, 0.3) is 0 Å². The van der Waals surface area contributed by atoms with E-state index < -0.39 is 11.2 Å². The largest absolute Gasteiger partial charge is 0.328 e. The molecule has 1 fully saturated rings. The van der Waals surface area contributed by atoms with Crippen molar-refractivity contribution in [2.75, 3.05) is 0 Å². The van der Waals surface area contributed by atoms with Crippen LogP contribution in [0, 0.1) is 5.92 Å². The first-order chi connectivity index (χ1) is 7.66. The van der Waals surface area contributed by atoms with Gasteiger partial charge >= 0.3 is 5.69 Å². The molecule has 0 spiro atoms. The van der Waals surface area contributed by atoms with Crippen molar-refractivity contribution in [3.63, 3.8) is 0 Å². The highest BCUT2D eigenvalue weighted by Gasteiger charge is 2.22. The summed E-state index contributed by atoms with van der Waals surface area (Å²) in [7, 11) is 0. The van der Waals surface area contributed by atoms with Gasteiger partial charge in [0.1, 0.15) is 0 Å². The molecule has 0 saturated heterocycles. The number of hydrogen-bond donors (Lipinski definition) is 1. The number of hydrogen-bond acceptors (Lipinski definition) is 3. The predicted molar refractivity (Wildman–Crippen MR) is 58.3 cm³/mol. The van der Waals surface area contributed by atoms with Crippen molar-refractivity contribution in [1.82, 2.24) is 9.55 Å². The average molecular weight is 222 g/mol. The van der Waals surface area contributed by atoms with Crippen LogP contribution in [-0.4, -0.2) is 15.3 Å². The molecule has 0 bridgehead atoms. The number of carbonyl (C=O) groups excluding carboxylic acids is 1. The smallest absolute Gasteiger partial charge is 0.297 e. The highest BCUT2D eigenvalue weighted by atomic mass is 16.2. The van der Waals surface area contributed by atoms with Crippen LogP contribution in [0.1, 0.15) is 25.7 Å². The number of aromatic nitrogens is 2. The molecule has 0 unspecified atom stereocenters. The zero-order valence-corrected chi connectivity index (χ0v) is 8.94. The third kappa shape index (κ3) is 2.29. The quantitative estimate of drug-likeness (QED) is 0.799. The summed E-state index contributed by atoms with van der Waals surface area (Å²) in [6.07, 6.45) is 5.41. The van der Waals surface area contributed by atoms with E-state index in [4.69, 9.17) is 0 Å². The van der Waals surface area contributed by atoms with E-state index in [1.54, 1.807) is 0 Å². The molecular weight excluding hydrogens is 208 g/mol. The molecule has 86 valence electrons. The molecule has 0 atom stereocenters. The molecule has 1 saturated carbocycles. The zero-order chi connectivity index (χ0) is 11.5. The first kappa shape index (κ1) is 10.9. The monoisotopic (exact) mass is 222 g/mol. The maximum absolute atomic E-state index is 11.8. The Morgan fingerprint density at radius 3 is 2.69 bits per heavy atom. The summed E-state index contributed by atoms with van der Waals surface area (Å²) in [6, 6.07) is 1.25. The second kappa shape index (κ2) is 4.47. The Hall–Kier alpha value is -1.65. The SMILES string of the molecule is O=C(Cn1ccc(=O)[nH]c1=O)C1CCCC1. The van der Waals surface area contributed by atoms with Crippen LogP contribution < -0.4 is 11.2 Å². The molecule has 2 rings (SSSR count). The standard InChI is InChI=1S/C11H14N2O3/c14-9(8-3-1-2-4-8)7-13-6-5-10(15)12-11(13)16/h5-6,8H,1-4,7H2,(H,12,15,16). The summed E-state index contributed by atoms with van der Waals surface area (Å²) >= 11 is 0. The van der Waals surface area contributed by atoms with E-state index in [-0.39, 0.29) is 18.2 Å². The van der Waals surface area contributed by atoms with Crippen molar-refractivity contribution >= 4 is 5.78 Å². The van der Waals surface area contributed by atoms with Gasteiger partial charge in [0.05, 0.1) is 6.54 Å². The van der Waals surface area contributed by atoms with Gasteiger partial charge < -0.3 is 0 Å². The second-order valence-corrected chi connectivity index (χ2v) is 4.19. The molecule has 0 radical (unpaired) electrons. The highest BCUT2D eigenvalue weighted by molar-refractivity contribution is 5.81. The van der Waals surface area contributed by atoms with E-state index in [1.807, 2.05) is 0 Å². The van der Waals surface area contributed by atoms with E-state index in [2.05, 4.69) is 4.98 Å². The normalized spacial score (nSPS) is 16.5. The number of nitrogens with one attached hydrogen (secondary N) is 1. The van der Waals surface area contributed by atoms with Crippen molar-refractivity contribution in [1.29, 1.82) is 0 Å². The molecular formula is C11H14N2O3. The summed E-state index contributed by atoms with van der Waals surface area (Å²) in [5, 5.41) is 0. The minimum atomic E-state index is -0.515. The van der Waals surface area contributed by atoms with Crippen LogP contribution in [0.3, 0.4) is 0 Å². The number of H-pyrrole nitrogens is 1. The summed E-state index contributed by atoms with van der Waals surface area (Å²) in [5.74, 6) is 0.186. The van der Waals surface area contributed by atoms with Crippen LogP contribution in [0.4, 0.5) is 0 Å². The lowest BCUT2D eigenvalue weighted by atomic mass is 10.0. The lowest BCUT2D eigenvalue weighted by Crippen LogP contribution is -2.32. The second-order valence-electron chi connectivity index (χ2n) is 4.19. The molecule has 0 amide bonds. The van der Waals surface area contributed by atoms with Crippen molar-refractivity contribution in [3.8, 4) is 0 Å². The Morgan fingerprint density at radius 1 is 1.38 bits per heavy atom. The summed E-state index contributed by atoms with van der Waals surface area (Å²) in [5.41, 5.74) is -0.951. The molecule has 5 nitrogen and oxygen atoms in total. The van der Waals surface area contributed by atoms with E-state index in [9.17, 15) is 14.4 Å². The number of carbonyl (C=O) groups is 1. The highest BCUT2D eigenvalue weighted by Crippen LogP contribution is 2.25. The van der Waals surface area contributed by atoms with Crippen molar-refractivity contribution < 1.29 is 4.79 Å². The lowest BCUT2D eigenvalue weighted by molar-refractivity contribution is -0.123. The number of nitrogens with zero attached hydrogens (tertiary/aromatic N) is 1. The molecule has 1 aromatic heterocycles. The van der Waals surface area contributed by atoms with Crippen LogP contribution in [-0.2, 0) is 11.3 Å².